The van der Waals surface area contributed by atoms with Gasteiger partial charge in [-0.15, -0.1) is 0 Å². The van der Waals surface area contributed by atoms with Crippen LogP contribution in [0.2, 0.25) is 0 Å². The molecule has 9 heteroatoms. The van der Waals surface area contributed by atoms with Crippen molar-refractivity contribution < 1.29 is 42.9 Å². The Kier molecular flexibility index (Phi) is 6.49. The zero-order chi connectivity index (χ0) is 17.7. The SMILES string of the molecule is COC(=O)C1OC(OC(C)=O)C(OC(C)=O)C(C)C1OC(C)=O. The van der Waals surface area contributed by atoms with Crippen molar-refractivity contribution in [3.05, 3.63) is 0 Å². The Hall–Kier alpha value is -2.16. The fourth-order valence-electron chi connectivity index (χ4n) is 2.29. The predicted octanol–water partition coefficient (Wildman–Crippen LogP) is -0.0531. The summed E-state index contributed by atoms with van der Waals surface area (Å²) >= 11 is 0. The van der Waals surface area contributed by atoms with Crippen LogP contribution >= 0.6 is 0 Å². The van der Waals surface area contributed by atoms with E-state index in [0.29, 0.717) is 0 Å². The Bertz CT molecular complexity index is 487. The fourth-order valence-corrected chi connectivity index (χ4v) is 2.29. The maximum atomic E-state index is 11.9. The van der Waals surface area contributed by atoms with Crippen molar-refractivity contribution >= 4 is 23.9 Å². The van der Waals surface area contributed by atoms with Crippen LogP contribution in [0.15, 0.2) is 0 Å². The normalized spacial score (nSPS) is 30.0. The van der Waals surface area contributed by atoms with Crippen molar-refractivity contribution in [2.75, 3.05) is 7.11 Å². The van der Waals surface area contributed by atoms with Crippen molar-refractivity contribution in [1.82, 2.24) is 0 Å². The smallest absolute Gasteiger partial charge is 0.339 e. The summed E-state index contributed by atoms with van der Waals surface area (Å²) in [5.74, 6) is -3.45. The summed E-state index contributed by atoms with van der Waals surface area (Å²) in [6, 6.07) is 0. The third-order valence-electron chi connectivity index (χ3n) is 3.20. The Morgan fingerprint density at radius 2 is 1.30 bits per heavy atom. The van der Waals surface area contributed by atoms with E-state index >= 15 is 0 Å². The summed E-state index contributed by atoms with van der Waals surface area (Å²) in [5, 5.41) is 0. The number of carbonyl (C=O) groups excluding carboxylic acids is 4. The van der Waals surface area contributed by atoms with Crippen LogP contribution in [0.5, 0.6) is 0 Å². The number of hydrogen-bond acceptors (Lipinski definition) is 9. The number of carbonyl (C=O) groups is 4. The first-order chi connectivity index (χ1) is 10.7. The maximum Gasteiger partial charge on any atom is 0.339 e. The van der Waals surface area contributed by atoms with Gasteiger partial charge in [0.15, 0.2) is 12.2 Å². The Morgan fingerprint density at radius 3 is 1.74 bits per heavy atom. The molecule has 1 aliphatic rings. The Morgan fingerprint density at radius 1 is 0.826 bits per heavy atom. The molecule has 1 saturated heterocycles. The van der Waals surface area contributed by atoms with Crippen molar-refractivity contribution in [2.24, 2.45) is 5.92 Å². The molecule has 1 aliphatic heterocycles. The highest BCUT2D eigenvalue weighted by Crippen LogP contribution is 2.32. The molecule has 1 fully saturated rings. The van der Waals surface area contributed by atoms with Crippen molar-refractivity contribution in [1.29, 1.82) is 0 Å². The van der Waals surface area contributed by atoms with Crippen molar-refractivity contribution in [2.45, 2.75) is 52.3 Å². The van der Waals surface area contributed by atoms with Gasteiger partial charge in [0.25, 0.3) is 0 Å². The molecule has 23 heavy (non-hydrogen) atoms. The highest BCUT2D eigenvalue weighted by molar-refractivity contribution is 5.76. The third-order valence-corrected chi connectivity index (χ3v) is 3.20. The van der Waals surface area contributed by atoms with E-state index in [2.05, 4.69) is 4.74 Å². The number of esters is 4. The van der Waals surface area contributed by atoms with Gasteiger partial charge in [-0.3, -0.25) is 14.4 Å². The average Bonchev–Trinajstić information content (AvgIpc) is 2.43. The van der Waals surface area contributed by atoms with Crippen molar-refractivity contribution in [3.8, 4) is 0 Å². The van der Waals surface area contributed by atoms with Crippen LogP contribution in [0, 0.1) is 5.92 Å². The minimum absolute atomic E-state index is 0.638. The van der Waals surface area contributed by atoms with Gasteiger partial charge in [-0.1, -0.05) is 6.92 Å². The molecule has 1 rings (SSSR count). The number of rotatable bonds is 4. The van der Waals surface area contributed by atoms with Gasteiger partial charge >= 0.3 is 23.9 Å². The van der Waals surface area contributed by atoms with Gasteiger partial charge in [0.05, 0.1) is 7.11 Å². The monoisotopic (exact) mass is 332 g/mol. The largest absolute Gasteiger partial charge is 0.467 e. The lowest BCUT2D eigenvalue weighted by Gasteiger charge is -2.42. The second kappa shape index (κ2) is 7.91. The van der Waals surface area contributed by atoms with Crippen LogP contribution in [0.25, 0.3) is 0 Å². The summed E-state index contributed by atoms with van der Waals surface area (Å²) in [7, 11) is 1.14. The lowest BCUT2D eigenvalue weighted by molar-refractivity contribution is -0.279. The number of methoxy groups -OCH3 is 1. The highest BCUT2D eigenvalue weighted by Gasteiger charge is 2.52. The molecule has 130 valence electrons. The summed E-state index contributed by atoms with van der Waals surface area (Å²) in [6.45, 7) is 5.06. The van der Waals surface area contributed by atoms with Crippen LogP contribution in [0.1, 0.15) is 27.7 Å². The molecule has 0 spiro atoms. The van der Waals surface area contributed by atoms with Gasteiger partial charge in [-0.25, -0.2) is 4.79 Å². The molecule has 9 nitrogen and oxygen atoms in total. The molecular formula is C14H20O9. The Labute approximate surface area is 133 Å². The molecule has 5 unspecified atom stereocenters. The van der Waals surface area contributed by atoms with E-state index in [4.69, 9.17) is 18.9 Å². The van der Waals surface area contributed by atoms with E-state index in [0.717, 1.165) is 14.0 Å². The molecule has 0 bridgehead atoms. The van der Waals surface area contributed by atoms with E-state index in [9.17, 15) is 19.2 Å². The van der Waals surface area contributed by atoms with E-state index in [1.54, 1.807) is 6.92 Å². The quantitative estimate of drug-likeness (QED) is 0.516. The molecule has 0 aromatic carbocycles. The lowest BCUT2D eigenvalue weighted by atomic mass is 9.90. The summed E-state index contributed by atoms with van der Waals surface area (Å²) in [6.07, 6.45) is -4.73. The van der Waals surface area contributed by atoms with E-state index in [-0.39, 0.29) is 0 Å². The predicted molar refractivity (Wildman–Crippen MR) is 72.7 cm³/mol. The molecule has 0 aromatic rings. The van der Waals surface area contributed by atoms with Crippen LogP contribution in [0.3, 0.4) is 0 Å². The minimum atomic E-state index is -1.32. The zero-order valence-electron chi connectivity index (χ0n) is 13.6. The molecule has 0 aromatic heterocycles. The second-order valence-corrected chi connectivity index (χ2v) is 5.06. The standard InChI is InChI=1S/C14H20O9/c1-6-10(20-7(2)15)12(13(18)19-5)23-14(22-9(4)17)11(6)21-8(3)16/h6,10-12,14H,1-5H3. The summed E-state index contributed by atoms with van der Waals surface area (Å²) in [4.78, 5) is 45.6. The van der Waals surface area contributed by atoms with E-state index < -0.39 is 54.4 Å². The van der Waals surface area contributed by atoms with Gasteiger partial charge in [0.1, 0.15) is 6.10 Å². The minimum Gasteiger partial charge on any atom is -0.467 e. The van der Waals surface area contributed by atoms with Gasteiger partial charge in [0.2, 0.25) is 6.29 Å². The molecule has 0 aliphatic carbocycles. The number of hydrogen-bond donors (Lipinski definition) is 0. The highest BCUT2D eigenvalue weighted by atomic mass is 16.7. The number of ether oxygens (including phenoxy) is 5. The van der Waals surface area contributed by atoms with Crippen LogP contribution in [-0.2, 0) is 42.9 Å². The van der Waals surface area contributed by atoms with Gasteiger partial charge < -0.3 is 23.7 Å². The molecule has 0 N–H and O–H groups in total. The van der Waals surface area contributed by atoms with Gasteiger partial charge in [0, 0.05) is 26.7 Å². The van der Waals surface area contributed by atoms with Crippen LogP contribution < -0.4 is 0 Å². The zero-order valence-corrected chi connectivity index (χ0v) is 13.6. The average molecular weight is 332 g/mol. The molecule has 5 atom stereocenters. The van der Waals surface area contributed by atoms with Crippen LogP contribution in [0.4, 0.5) is 0 Å². The third kappa shape index (κ3) is 4.92. The molecule has 0 radical (unpaired) electrons. The van der Waals surface area contributed by atoms with Crippen LogP contribution in [-0.4, -0.2) is 55.6 Å². The molecule has 1 heterocycles. The first kappa shape index (κ1) is 18.9. The molecular weight excluding hydrogens is 312 g/mol. The topological polar surface area (TPSA) is 114 Å². The van der Waals surface area contributed by atoms with Gasteiger partial charge in [-0.05, 0) is 0 Å². The van der Waals surface area contributed by atoms with E-state index in [1.165, 1.54) is 13.8 Å². The molecule has 0 saturated carbocycles. The summed E-state index contributed by atoms with van der Waals surface area (Å²) < 4.78 is 25.2. The first-order valence-electron chi connectivity index (χ1n) is 6.92. The lowest BCUT2D eigenvalue weighted by Crippen LogP contribution is -2.59. The Balaban J connectivity index is 3.14. The van der Waals surface area contributed by atoms with Crippen molar-refractivity contribution in [3.63, 3.8) is 0 Å². The first-order valence-corrected chi connectivity index (χ1v) is 6.92. The maximum absolute atomic E-state index is 11.9. The molecule has 0 amide bonds. The van der Waals surface area contributed by atoms with E-state index in [1.807, 2.05) is 0 Å². The fraction of sp³-hybridized carbons (Fsp3) is 0.714. The summed E-state index contributed by atoms with van der Waals surface area (Å²) in [5.41, 5.74) is 0. The van der Waals surface area contributed by atoms with Gasteiger partial charge in [-0.2, -0.15) is 0 Å². The second-order valence-electron chi connectivity index (χ2n) is 5.06.